The Morgan fingerprint density at radius 1 is 0.474 bits per heavy atom. The van der Waals surface area contributed by atoms with E-state index in [0.29, 0.717) is 30.2 Å². The first-order valence-electron chi connectivity index (χ1n) is 12.3. The van der Waals surface area contributed by atoms with Crippen LogP contribution >= 0.6 is 0 Å². The largest absolute Gasteiger partial charge is 0.494 e. The molecule has 0 aliphatic heterocycles. The first-order chi connectivity index (χ1) is 18.7. The summed E-state index contributed by atoms with van der Waals surface area (Å²) in [4.78, 5) is 0. The smallest absolute Gasteiger partial charge is 0.248 e. The molecule has 186 valence electrons. The van der Waals surface area contributed by atoms with Crippen LogP contribution in [0.5, 0.6) is 5.75 Å². The number of hydrogen-bond donors (Lipinski definition) is 0. The fourth-order valence-electron chi connectivity index (χ4n) is 4.08. The zero-order chi connectivity index (χ0) is 25.9. The fraction of sp³-hybridized carbons (Fsp3) is 0.0968. The lowest BCUT2D eigenvalue weighted by molar-refractivity contribution is 0.340. The molecule has 6 aromatic rings. The average molecular weight is 501 g/mol. The van der Waals surface area contributed by atoms with Crippen LogP contribution in [0.4, 0.5) is 0 Å². The second-order valence-electron chi connectivity index (χ2n) is 8.80. The van der Waals surface area contributed by atoms with Gasteiger partial charge in [0.1, 0.15) is 5.75 Å². The van der Waals surface area contributed by atoms with Gasteiger partial charge in [0, 0.05) is 22.3 Å². The normalized spacial score (nSPS) is 11.0. The molecule has 0 saturated carbocycles. The molecular formula is C31H24N4O3. The number of rotatable bonds is 7. The third-order valence-corrected chi connectivity index (χ3v) is 6.16. The fourth-order valence-corrected chi connectivity index (χ4v) is 4.08. The molecule has 0 amide bonds. The summed E-state index contributed by atoms with van der Waals surface area (Å²) >= 11 is 0. The van der Waals surface area contributed by atoms with Crippen molar-refractivity contribution >= 4 is 0 Å². The van der Waals surface area contributed by atoms with Gasteiger partial charge >= 0.3 is 0 Å². The zero-order valence-electron chi connectivity index (χ0n) is 21.0. The predicted octanol–water partition coefficient (Wildman–Crippen LogP) is 7.49. The maximum absolute atomic E-state index is 5.92. The van der Waals surface area contributed by atoms with Crippen molar-refractivity contribution in [2.75, 3.05) is 6.61 Å². The lowest BCUT2D eigenvalue weighted by Gasteiger charge is -2.04. The summed E-state index contributed by atoms with van der Waals surface area (Å²) in [5, 5.41) is 16.9. The summed E-state index contributed by atoms with van der Waals surface area (Å²) in [5.41, 5.74) is 6.78. The van der Waals surface area contributed by atoms with E-state index in [2.05, 4.69) is 20.4 Å². The monoisotopic (exact) mass is 500 g/mol. The molecule has 0 bridgehead atoms. The lowest BCUT2D eigenvalue weighted by atomic mass is 10.0. The van der Waals surface area contributed by atoms with Crippen molar-refractivity contribution in [3.8, 4) is 62.7 Å². The van der Waals surface area contributed by atoms with Gasteiger partial charge in [-0.3, -0.25) is 0 Å². The molecule has 0 atom stereocenters. The Bertz CT molecular complexity index is 1650. The average Bonchev–Trinajstić information content (AvgIpc) is 3.66. The standard InChI is InChI=1S/C31H24N4O3/c1-3-36-27-18-16-26(17-19-27)31-35-34-30(38-31)25-14-10-22(11-15-25)21-8-12-24(13-9-21)29-33-32-28(37-29)23-6-4-20(2)5-7-23/h4-19H,3H2,1-2H3. The second kappa shape index (κ2) is 10.1. The number of hydrogen-bond acceptors (Lipinski definition) is 7. The Kier molecular flexibility index (Phi) is 6.24. The van der Waals surface area contributed by atoms with Crippen molar-refractivity contribution in [3.63, 3.8) is 0 Å². The van der Waals surface area contributed by atoms with Crippen LogP contribution in [0.3, 0.4) is 0 Å². The number of ether oxygens (including phenoxy) is 1. The van der Waals surface area contributed by atoms with Crippen molar-refractivity contribution in [1.82, 2.24) is 20.4 Å². The molecule has 0 spiro atoms. The van der Waals surface area contributed by atoms with Gasteiger partial charge in [0.05, 0.1) is 6.61 Å². The van der Waals surface area contributed by atoms with E-state index < -0.39 is 0 Å². The number of nitrogens with zero attached hydrogens (tertiary/aromatic N) is 4. The van der Waals surface area contributed by atoms with Crippen LogP contribution < -0.4 is 4.74 Å². The van der Waals surface area contributed by atoms with Gasteiger partial charge in [-0.15, -0.1) is 20.4 Å². The van der Waals surface area contributed by atoms with Gasteiger partial charge in [-0.05, 0) is 85.6 Å². The van der Waals surface area contributed by atoms with E-state index in [1.54, 1.807) is 0 Å². The highest BCUT2D eigenvalue weighted by Gasteiger charge is 2.13. The van der Waals surface area contributed by atoms with Crippen molar-refractivity contribution in [2.24, 2.45) is 0 Å². The highest BCUT2D eigenvalue weighted by atomic mass is 16.5. The number of aromatic nitrogens is 4. The minimum atomic E-state index is 0.467. The van der Waals surface area contributed by atoms with Crippen molar-refractivity contribution < 1.29 is 13.6 Å². The molecule has 0 fully saturated rings. The van der Waals surface area contributed by atoms with Gasteiger partial charge in [0.15, 0.2) is 0 Å². The molecule has 0 N–H and O–H groups in total. The van der Waals surface area contributed by atoms with E-state index in [0.717, 1.165) is 39.1 Å². The Balaban J connectivity index is 1.16. The second-order valence-corrected chi connectivity index (χ2v) is 8.80. The maximum Gasteiger partial charge on any atom is 0.248 e. The van der Waals surface area contributed by atoms with Gasteiger partial charge in [0.25, 0.3) is 0 Å². The Labute approximate surface area is 219 Å². The van der Waals surface area contributed by atoms with Crippen molar-refractivity contribution in [1.29, 1.82) is 0 Å². The molecule has 2 heterocycles. The Morgan fingerprint density at radius 2 is 0.789 bits per heavy atom. The highest BCUT2D eigenvalue weighted by Crippen LogP contribution is 2.30. The topological polar surface area (TPSA) is 87.1 Å². The molecule has 7 heteroatoms. The third kappa shape index (κ3) is 4.82. The summed E-state index contributed by atoms with van der Waals surface area (Å²) in [6.07, 6.45) is 0. The molecular weight excluding hydrogens is 476 g/mol. The quantitative estimate of drug-likeness (QED) is 0.224. The first-order valence-corrected chi connectivity index (χ1v) is 12.3. The molecule has 38 heavy (non-hydrogen) atoms. The minimum Gasteiger partial charge on any atom is -0.494 e. The zero-order valence-corrected chi connectivity index (χ0v) is 21.0. The van der Waals surface area contributed by atoms with Gasteiger partial charge in [-0.2, -0.15) is 0 Å². The van der Waals surface area contributed by atoms with Gasteiger partial charge < -0.3 is 13.6 Å². The molecule has 0 aliphatic carbocycles. The maximum atomic E-state index is 5.92. The summed E-state index contributed by atoms with van der Waals surface area (Å²) in [7, 11) is 0. The van der Waals surface area contributed by atoms with Gasteiger partial charge in [0.2, 0.25) is 23.6 Å². The van der Waals surface area contributed by atoms with E-state index in [1.165, 1.54) is 5.56 Å². The molecule has 7 nitrogen and oxygen atoms in total. The molecule has 0 aliphatic rings. The summed E-state index contributed by atoms with van der Waals surface area (Å²) < 4.78 is 17.3. The number of aryl methyl sites for hydroxylation is 1. The van der Waals surface area contributed by atoms with E-state index in [9.17, 15) is 0 Å². The van der Waals surface area contributed by atoms with Crippen LogP contribution in [0.25, 0.3) is 56.9 Å². The summed E-state index contributed by atoms with van der Waals surface area (Å²) in [6, 6.07) is 31.7. The molecule has 2 aromatic heterocycles. The molecule has 4 aromatic carbocycles. The van der Waals surface area contributed by atoms with Gasteiger partial charge in [-0.25, -0.2) is 0 Å². The highest BCUT2D eigenvalue weighted by molar-refractivity contribution is 5.70. The van der Waals surface area contributed by atoms with Crippen LogP contribution in [-0.2, 0) is 0 Å². The third-order valence-electron chi connectivity index (χ3n) is 6.16. The van der Waals surface area contributed by atoms with Crippen LogP contribution in [0.1, 0.15) is 12.5 Å². The number of benzene rings is 4. The molecule has 6 rings (SSSR count). The van der Waals surface area contributed by atoms with Gasteiger partial charge in [-0.1, -0.05) is 42.0 Å². The van der Waals surface area contributed by atoms with E-state index in [4.69, 9.17) is 13.6 Å². The van der Waals surface area contributed by atoms with Crippen molar-refractivity contribution in [2.45, 2.75) is 13.8 Å². The van der Waals surface area contributed by atoms with Crippen LogP contribution in [0, 0.1) is 6.92 Å². The predicted molar refractivity (Wildman–Crippen MR) is 145 cm³/mol. The first kappa shape index (κ1) is 23.4. The Hall–Kier alpha value is -5.04. The molecule has 0 unspecified atom stereocenters. The summed E-state index contributed by atoms with van der Waals surface area (Å²) in [6.45, 7) is 4.62. The summed E-state index contributed by atoms with van der Waals surface area (Å²) in [5.74, 6) is 2.74. The molecule has 0 saturated heterocycles. The van der Waals surface area contributed by atoms with Crippen LogP contribution in [0.15, 0.2) is 106 Å². The van der Waals surface area contributed by atoms with E-state index >= 15 is 0 Å². The van der Waals surface area contributed by atoms with E-state index in [1.807, 2.05) is 111 Å². The minimum absolute atomic E-state index is 0.467. The lowest BCUT2D eigenvalue weighted by Crippen LogP contribution is -1.90. The van der Waals surface area contributed by atoms with Crippen LogP contribution in [-0.4, -0.2) is 27.0 Å². The Morgan fingerprint density at radius 3 is 1.16 bits per heavy atom. The van der Waals surface area contributed by atoms with E-state index in [-0.39, 0.29) is 0 Å². The van der Waals surface area contributed by atoms with Crippen molar-refractivity contribution in [3.05, 3.63) is 103 Å². The van der Waals surface area contributed by atoms with Crippen LogP contribution in [0.2, 0.25) is 0 Å². The molecule has 0 radical (unpaired) electrons. The SMILES string of the molecule is CCOc1ccc(-c2nnc(-c3ccc(-c4ccc(-c5nnc(-c6ccc(C)cc6)o5)cc4)cc3)o2)cc1.